The number of hydrogen-bond donors (Lipinski definition) is 1. The van der Waals surface area contributed by atoms with Crippen molar-refractivity contribution in [3.8, 4) is 0 Å². The number of benzene rings is 2. The molecule has 1 N–H and O–H groups in total. The van der Waals surface area contributed by atoms with Gasteiger partial charge in [-0.2, -0.15) is 0 Å². The summed E-state index contributed by atoms with van der Waals surface area (Å²) in [7, 11) is -1.08. The van der Waals surface area contributed by atoms with Gasteiger partial charge in [0, 0.05) is 0 Å². The van der Waals surface area contributed by atoms with Crippen molar-refractivity contribution in [3.63, 3.8) is 0 Å². The molecule has 0 saturated carbocycles. The number of nitrogens with zero attached hydrogens (tertiary/aromatic N) is 1. The Morgan fingerprint density at radius 3 is 2.59 bits per heavy atom. The van der Waals surface area contributed by atoms with Gasteiger partial charge in [0.05, 0.1) is 0 Å². The topological polar surface area (TPSA) is 35.2 Å². The predicted molar refractivity (Wildman–Crippen MR) is 137 cm³/mol. The Hall–Kier alpha value is -1.72. The standard InChI is InChI=1S/C25H29ClN2OS.C2H6/c1-19-15-23(13-14-24(19)26)30(29)18-28-16-21-9-5-6-10-25(21)27-22(17-28)12-11-20-7-3-2-4-8-20;1-2/h2-4,7-10,13-15,22,27H,5-6,11-12,16-18H2,1H3;1-2H3. The zero-order valence-corrected chi connectivity index (χ0v) is 21.0. The number of halogens is 1. The van der Waals surface area contributed by atoms with Crippen molar-refractivity contribution in [1.29, 1.82) is 0 Å². The van der Waals surface area contributed by atoms with Crippen LogP contribution in [0.2, 0.25) is 5.02 Å². The van der Waals surface area contributed by atoms with Crippen molar-refractivity contribution in [1.82, 2.24) is 10.2 Å². The molecule has 1 heterocycles. The summed E-state index contributed by atoms with van der Waals surface area (Å²) in [5, 5.41) is 4.50. The second-order valence-electron chi connectivity index (χ2n) is 8.19. The maximum atomic E-state index is 13.1. The third kappa shape index (κ3) is 6.89. The van der Waals surface area contributed by atoms with Crippen molar-refractivity contribution < 1.29 is 4.04 Å². The Morgan fingerprint density at radius 1 is 1.09 bits per heavy atom. The van der Waals surface area contributed by atoms with Crippen LogP contribution in [0.3, 0.4) is 0 Å². The second-order valence-corrected chi connectivity index (χ2v) is 10.0. The van der Waals surface area contributed by atoms with Crippen molar-refractivity contribution >= 4 is 22.2 Å². The quantitative estimate of drug-likeness (QED) is 0.410. The Bertz CT molecular complexity index is 1020. The van der Waals surface area contributed by atoms with Crippen molar-refractivity contribution in [2.24, 2.45) is 0 Å². The molecule has 1 unspecified atom stereocenters. The molecular formula is C27H35ClN2OS. The normalized spacial score (nSPS) is 18.4. The molecule has 3 nitrogen and oxygen atoms in total. The Balaban J connectivity index is 0.00000141. The fraction of sp³-hybridized carbons (Fsp3) is 0.407. The average Bonchev–Trinajstić information content (AvgIpc) is 3.00. The fourth-order valence-corrected chi connectivity index (χ4v) is 5.48. The molecule has 1 fully saturated rings. The van der Waals surface area contributed by atoms with Gasteiger partial charge in [0.1, 0.15) is 0 Å². The summed E-state index contributed by atoms with van der Waals surface area (Å²) < 4.78 is 13.1. The molecule has 0 spiro atoms. The molecule has 5 heteroatoms. The summed E-state index contributed by atoms with van der Waals surface area (Å²) >= 11 is 6.15. The minimum atomic E-state index is -1.08. The summed E-state index contributed by atoms with van der Waals surface area (Å²) in [6.45, 7) is 7.70. The molecule has 0 amide bonds. The van der Waals surface area contributed by atoms with Gasteiger partial charge < -0.3 is 0 Å². The first-order valence-corrected chi connectivity index (χ1v) is 13.3. The SMILES string of the molecule is CC.Cc1cc([S-](#[O+])CN2CC3=CCCC=C3NC(CCc3ccccc3)C2)ccc1Cl. The van der Waals surface area contributed by atoms with Crippen LogP contribution in [0.1, 0.15) is 44.2 Å². The number of allylic oxidation sites excluding steroid dienone is 2. The molecule has 172 valence electrons. The van der Waals surface area contributed by atoms with Crippen LogP contribution in [0, 0.1) is 6.92 Å². The first kappa shape index (κ1) is 24.9. The van der Waals surface area contributed by atoms with Crippen molar-refractivity contribution in [2.45, 2.75) is 57.4 Å². The van der Waals surface area contributed by atoms with E-state index in [4.69, 9.17) is 11.6 Å². The van der Waals surface area contributed by atoms with E-state index in [2.05, 4.69) is 52.7 Å². The second kappa shape index (κ2) is 12.5. The molecule has 1 atom stereocenters. The van der Waals surface area contributed by atoms with E-state index in [0.717, 1.165) is 54.3 Å². The van der Waals surface area contributed by atoms with Crippen LogP contribution in [0.5, 0.6) is 0 Å². The molecule has 0 bridgehead atoms. The molecule has 2 aromatic rings. The Labute approximate surface area is 200 Å². The maximum absolute atomic E-state index is 13.1. The first-order chi connectivity index (χ1) is 15.6. The summed E-state index contributed by atoms with van der Waals surface area (Å²) in [6, 6.07) is 16.7. The van der Waals surface area contributed by atoms with Crippen LogP contribution < -0.4 is 5.32 Å². The molecule has 0 radical (unpaired) electrons. The van der Waals surface area contributed by atoms with Gasteiger partial charge in [0.15, 0.2) is 0 Å². The number of aryl methyl sites for hydroxylation is 2. The zero-order valence-electron chi connectivity index (χ0n) is 19.4. The van der Waals surface area contributed by atoms with Crippen LogP contribution in [0.25, 0.3) is 0 Å². The molecule has 1 saturated heterocycles. The number of hydrogen-bond acceptors (Lipinski definition) is 3. The molecule has 1 aliphatic carbocycles. The van der Waals surface area contributed by atoms with E-state index >= 15 is 0 Å². The average molecular weight is 471 g/mol. The molecule has 32 heavy (non-hydrogen) atoms. The summed E-state index contributed by atoms with van der Waals surface area (Å²) in [5.41, 5.74) is 4.95. The molecule has 1 aliphatic heterocycles. The van der Waals surface area contributed by atoms with E-state index in [0.29, 0.717) is 11.9 Å². The molecule has 4 rings (SSSR count). The van der Waals surface area contributed by atoms with Gasteiger partial charge in [0.2, 0.25) is 0 Å². The fourth-order valence-electron chi connectivity index (χ4n) is 4.16. The van der Waals surface area contributed by atoms with Crippen LogP contribution in [0.4, 0.5) is 0 Å². The van der Waals surface area contributed by atoms with Crippen molar-refractivity contribution in [2.75, 3.05) is 19.0 Å². The van der Waals surface area contributed by atoms with Crippen LogP contribution >= 0.6 is 11.6 Å². The molecular weight excluding hydrogens is 436 g/mol. The number of nitrogens with one attached hydrogen (secondary N) is 1. The van der Waals surface area contributed by atoms with E-state index in [1.165, 1.54) is 16.8 Å². The Morgan fingerprint density at radius 2 is 1.84 bits per heavy atom. The van der Waals surface area contributed by atoms with Gasteiger partial charge in [-0.1, -0.05) is 13.8 Å². The first-order valence-electron chi connectivity index (χ1n) is 11.7. The number of fused-ring (bicyclic) bond motifs is 1. The minimum absolute atomic E-state index is 0.337. The predicted octanol–water partition coefficient (Wildman–Crippen LogP) is 6.47. The molecule has 2 aliphatic rings. The summed E-state index contributed by atoms with van der Waals surface area (Å²) in [6.07, 6.45) is 8.93. The monoisotopic (exact) mass is 470 g/mol. The summed E-state index contributed by atoms with van der Waals surface area (Å²) in [4.78, 5) is 3.20. The van der Waals surface area contributed by atoms with E-state index in [-0.39, 0.29) is 0 Å². The van der Waals surface area contributed by atoms with Gasteiger partial charge in [-0.3, -0.25) is 0 Å². The third-order valence-corrected chi connectivity index (χ3v) is 7.60. The third-order valence-electron chi connectivity index (χ3n) is 5.80. The van der Waals surface area contributed by atoms with E-state index in [1.807, 2.05) is 39.0 Å². The van der Waals surface area contributed by atoms with E-state index in [9.17, 15) is 4.04 Å². The van der Waals surface area contributed by atoms with Gasteiger partial charge >= 0.3 is 187 Å². The molecule has 2 aromatic carbocycles. The number of rotatable bonds is 4. The van der Waals surface area contributed by atoms with Crippen molar-refractivity contribution in [3.05, 3.63) is 88.1 Å². The van der Waals surface area contributed by atoms with Crippen LogP contribution in [0.15, 0.2) is 76.8 Å². The Kier molecular flexibility index (Phi) is 9.73. The van der Waals surface area contributed by atoms with Crippen LogP contribution in [-0.4, -0.2) is 29.9 Å². The van der Waals surface area contributed by atoms with Gasteiger partial charge in [-0.25, -0.2) is 0 Å². The van der Waals surface area contributed by atoms with Gasteiger partial charge in [-0.15, -0.1) is 0 Å². The zero-order chi connectivity index (χ0) is 22.9. The van der Waals surface area contributed by atoms with E-state index < -0.39 is 10.6 Å². The molecule has 0 aromatic heterocycles. The van der Waals surface area contributed by atoms with Gasteiger partial charge in [0.25, 0.3) is 0 Å². The van der Waals surface area contributed by atoms with Gasteiger partial charge in [-0.05, 0) is 0 Å². The van der Waals surface area contributed by atoms with E-state index in [1.54, 1.807) is 0 Å². The van der Waals surface area contributed by atoms with Crippen LogP contribution in [-0.2, 0) is 21.1 Å². The summed E-state index contributed by atoms with van der Waals surface area (Å²) in [5.74, 6) is 0.537.